The molecule has 0 unspecified atom stereocenters. The average Bonchev–Trinajstić information content (AvgIpc) is 3.51. The molecule has 2 N–H and O–H groups in total. The maximum absolute atomic E-state index is 12.2. The van der Waals surface area contributed by atoms with Crippen molar-refractivity contribution in [3.63, 3.8) is 0 Å². The van der Waals surface area contributed by atoms with Gasteiger partial charge in [-0.3, -0.25) is 19.4 Å². The molecule has 0 spiro atoms. The molecule has 28 heavy (non-hydrogen) atoms. The van der Waals surface area contributed by atoms with E-state index in [9.17, 15) is 9.59 Å². The Labute approximate surface area is 167 Å². The first-order chi connectivity index (χ1) is 13.6. The average molecular weight is 389 g/mol. The summed E-state index contributed by atoms with van der Waals surface area (Å²) in [5, 5.41) is 6.02. The Kier molecular flexibility index (Phi) is 7.82. The van der Waals surface area contributed by atoms with E-state index in [0.29, 0.717) is 38.9 Å². The van der Waals surface area contributed by atoms with Crippen molar-refractivity contribution in [2.75, 3.05) is 45.9 Å². The van der Waals surface area contributed by atoms with Crippen LogP contribution in [0.5, 0.6) is 0 Å². The lowest BCUT2D eigenvalue weighted by atomic mass is 10.1. The molecule has 1 aromatic rings. The van der Waals surface area contributed by atoms with Crippen molar-refractivity contribution in [2.45, 2.75) is 39.0 Å². The highest BCUT2D eigenvalue weighted by molar-refractivity contribution is 5.79. The second kappa shape index (κ2) is 10.5. The van der Waals surface area contributed by atoms with Crippen LogP contribution < -0.4 is 10.6 Å². The van der Waals surface area contributed by atoms with Crippen LogP contribution in [0.2, 0.25) is 0 Å². The van der Waals surface area contributed by atoms with Crippen molar-refractivity contribution in [1.82, 2.24) is 20.4 Å². The number of carbonyl (C=O) groups excluding carboxylic acids is 2. The summed E-state index contributed by atoms with van der Waals surface area (Å²) in [4.78, 5) is 28.4. The molecule has 1 saturated heterocycles. The smallest absolute Gasteiger partial charge is 0.234 e. The number of piperazine rings is 1. The largest absolute Gasteiger partial charge is 0.377 e. The van der Waals surface area contributed by atoms with E-state index in [1.165, 1.54) is 0 Å². The molecule has 0 aromatic heterocycles. The van der Waals surface area contributed by atoms with Gasteiger partial charge in [0.05, 0.1) is 19.7 Å². The van der Waals surface area contributed by atoms with Crippen LogP contribution in [-0.2, 0) is 27.5 Å². The van der Waals surface area contributed by atoms with Crippen LogP contribution in [0, 0.1) is 0 Å². The highest BCUT2D eigenvalue weighted by Crippen LogP contribution is 2.18. The van der Waals surface area contributed by atoms with Crippen LogP contribution in [0.1, 0.15) is 30.9 Å². The number of ether oxygens (including phenoxy) is 1. The van der Waals surface area contributed by atoms with Gasteiger partial charge in [-0.2, -0.15) is 0 Å². The van der Waals surface area contributed by atoms with Crippen LogP contribution in [0.4, 0.5) is 0 Å². The summed E-state index contributed by atoms with van der Waals surface area (Å²) in [6.45, 7) is 8.01. The molecule has 1 aromatic carbocycles. The number of nitrogens with zero attached hydrogens (tertiary/aromatic N) is 2. The quantitative estimate of drug-likeness (QED) is 0.618. The van der Waals surface area contributed by atoms with Crippen LogP contribution >= 0.6 is 0 Å². The van der Waals surface area contributed by atoms with E-state index in [0.717, 1.165) is 50.1 Å². The molecule has 2 fully saturated rings. The second-order valence-electron chi connectivity index (χ2n) is 7.62. The molecule has 7 heteroatoms. The van der Waals surface area contributed by atoms with Crippen molar-refractivity contribution in [3.8, 4) is 0 Å². The van der Waals surface area contributed by atoms with Gasteiger partial charge in [0.15, 0.2) is 0 Å². The van der Waals surface area contributed by atoms with Crippen LogP contribution in [0.3, 0.4) is 0 Å². The number of amides is 2. The molecular weight excluding hydrogens is 356 g/mol. The van der Waals surface area contributed by atoms with Gasteiger partial charge in [-0.25, -0.2) is 0 Å². The predicted octanol–water partition coefficient (Wildman–Crippen LogP) is 0.736. The zero-order valence-corrected chi connectivity index (χ0v) is 16.8. The fourth-order valence-corrected chi connectivity index (χ4v) is 3.24. The summed E-state index contributed by atoms with van der Waals surface area (Å²) in [6, 6.07) is 8.55. The van der Waals surface area contributed by atoms with Crippen LogP contribution in [0.15, 0.2) is 24.3 Å². The maximum Gasteiger partial charge on any atom is 0.234 e. The molecule has 154 valence electrons. The summed E-state index contributed by atoms with van der Waals surface area (Å²) in [5.74, 6) is 0.166. The molecule has 7 nitrogen and oxygen atoms in total. The summed E-state index contributed by atoms with van der Waals surface area (Å²) in [6.07, 6.45) is 2.23. The Hall–Kier alpha value is -1.96. The predicted molar refractivity (Wildman–Crippen MR) is 108 cm³/mol. The summed E-state index contributed by atoms with van der Waals surface area (Å²) in [5.41, 5.74) is 2.22. The standard InChI is InChI=1S/C21H32N4O3/c1-2-28-16-18-5-3-17(4-6-18)13-22-20(26)14-24-9-11-25(12-10-24)15-21(27)23-19-7-8-19/h3-6,19H,2,7-16H2,1H3,(H,22,26)(H,23,27). The summed E-state index contributed by atoms with van der Waals surface area (Å²) >= 11 is 0. The third-order valence-electron chi connectivity index (χ3n) is 5.13. The SMILES string of the molecule is CCOCc1ccc(CNC(=O)CN2CCN(CC(=O)NC3CC3)CC2)cc1. The molecule has 0 radical (unpaired) electrons. The van der Waals surface area contributed by atoms with Gasteiger partial charge in [0.1, 0.15) is 0 Å². The highest BCUT2D eigenvalue weighted by atomic mass is 16.5. The van der Waals surface area contributed by atoms with E-state index in [1.807, 2.05) is 31.2 Å². The first-order valence-electron chi connectivity index (χ1n) is 10.3. The molecule has 1 aliphatic carbocycles. The molecule has 1 aliphatic heterocycles. The lowest BCUT2D eigenvalue weighted by molar-refractivity contribution is -0.125. The number of hydrogen-bond donors (Lipinski definition) is 2. The maximum atomic E-state index is 12.2. The molecule has 3 rings (SSSR count). The Bertz CT molecular complexity index is 638. The minimum Gasteiger partial charge on any atom is -0.377 e. The number of hydrogen-bond acceptors (Lipinski definition) is 5. The van der Waals surface area contributed by atoms with Gasteiger partial charge in [-0.1, -0.05) is 24.3 Å². The molecule has 2 aliphatic rings. The van der Waals surface area contributed by atoms with Crippen molar-refractivity contribution < 1.29 is 14.3 Å². The number of rotatable bonds is 10. The molecule has 0 atom stereocenters. The van der Waals surface area contributed by atoms with Crippen molar-refractivity contribution in [3.05, 3.63) is 35.4 Å². The Morgan fingerprint density at radius 3 is 2.11 bits per heavy atom. The van der Waals surface area contributed by atoms with Gasteiger partial charge in [0.2, 0.25) is 11.8 Å². The molecule has 2 amide bonds. The fraction of sp³-hybridized carbons (Fsp3) is 0.619. The van der Waals surface area contributed by atoms with Gasteiger partial charge < -0.3 is 15.4 Å². The van der Waals surface area contributed by atoms with Crippen LogP contribution in [0.25, 0.3) is 0 Å². The van der Waals surface area contributed by atoms with Crippen molar-refractivity contribution >= 4 is 11.8 Å². The van der Waals surface area contributed by atoms with E-state index in [2.05, 4.69) is 20.4 Å². The molecular formula is C21H32N4O3. The summed E-state index contributed by atoms with van der Waals surface area (Å²) < 4.78 is 5.39. The third-order valence-corrected chi connectivity index (χ3v) is 5.13. The zero-order chi connectivity index (χ0) is 19.8. The first kappa shape index (κ1) is 20.8. The van der Waals surface area contributed by atoms with E-state index in [-0.39, 0.29) is 11.8 Å². The van der Waals surface area contributed by atoms with E-state index in [1.54, 1.807) is 0 Å². The first-order valence-corrected chi connectivity index (χ1v) is 10.3. The monoisotopic (exact) mass is 388 g/mol. The minimum absolute atomic E-state index is 0.0401. The minimum atomic E-state index is 0.0401. The van der Waals surface area contributed by atoms with Crippen molar-refractivity contribution in [1.29, 1.82) is 0 Å². The highest BCUT2D eigenvalue weighted by Gasteiger charge is 2.25. The Balaban J connectivity index is 1.30. The Morgan fingerprint density at radius 2 is 1.54 bits per heavy atom. The lowest BCUT2D eigenvalue weighted by Gasteiger charge is -2.33. The second-order valence-corrected chi connectivity index (χ2v) is 7.62. The zero-order valence-electron chi connectivity index (χ0n) is 16.8. The normalized spacial score (nSPS) is 18.0. The Morgan fingerprint density at radius 1 is 0.964 bits per heavy atom. The molecule has 1 saturated carbocycles. The number of benzene rings is 1. The lowest BCUT2D eigenvalue weighted by Crippen LogP contribution is -2.51. The fourth-order valence-electron chi connectivity index (χ4n) is 3.24. The van der Waals surface area contributed by atoms with Crippen molar-refractivity contribution in [2.24, 2.45) is 0 Å². The van der Waals surface area contributed by atoms with Gasteiger partial charge in [0, 0.05) is 45.4 Å². The van der Waals surface area contributed by atoms with Gasteiger partial charge in [-0.15, -0.1) is 0 Å². The number of carbonyl (C=O) groups is 2. The van der Waals surface area contributed by atoms with Gasteiger partial charge in [-0.05, 0) is 30.9 Å². The van der Waals surface area contributed by atoms with E-state index >= 15 is 0 Å². The van der Waals surface area contributed by atoms with Gasteiger partial charge >= 0.3 is 0 Å². The van der Waals surface area contributed by atoms with E-state index < -0.39 is 0 Å². The number of nitrogens with one attached hydrogen (secondary N) is 2. The third kappa shape index (κ3) is 7.22. The van der Waals surface area contributed by atoms with Crippen LogP contribution in [-0.4, -0.2) is 73.5 Å². The van der Waals surface area contributed by atoms with Gasteiger partial charge in [0.25, 0.3) is 0 Å². The molecule has 1 heterocycles. The van der Waals surface area contributed by atoms with E-state index in [4.69, 9.17) is 4.74 Å². The molecule has 0 bridgehead atoms. The summed E-state index contributed by atoms with van der Waals surface area (Å²) in [7, 11) is 0. The topological polar surface area (TPSA) is 73.9 Å².